The summed E-state index contributed by atoms with van der Waals surface area (Å²) < 4.78 is 35.1. The average Bonchev–Trinajstić information content (AvgIpc) is 2.97. The topological polar surface area (TPSA) is 82.8 Å². The highest BCUT2D eigenvalue weighted by atomic mass is 35.7. The van der Waals surface area contributed by atoms with Gasteiger partial charge in [-0.15, -0.1) is 0 Å². The molecule has 120 valence electrons. The number of hydrogen-bond acceptors (Lipinski definition) is 6. The predicted octanol–water partition coefficient (Wildman–Crippen LogP) is 2.34. The van der Waals surface area contributed by atoms with E-state index < -0.39 is 9.05 Å². The third kappa shape index (κ3) is 2.82. The van der Waals surface area contributed by atoms with Crippen LogP contribution in [0.15, 0.2) is 41.7 Å². The van der Waals surface area contributed by atoms with E-state index in [1.807, 2.05) is 0 Å². The van der Waals surface area contributed by atoms with E-state index >= 15 is 0 Å². The summed E-state index contributed by atoms with van der Waals surface area (Å²) in [5.41, 5.74) is 1.76. The van der Waals surface area contributed by atoms with Gasteiger partial charge in [0.25, 0.3) is 14.9 Å². The number of ether oxygens (including phenoxy) is 2. The Hall–Kier alpha value is -2.32. The van der Waals surface area contributed by atoms with E-state index in [4.69, 9.17) is 20.2 Å². The van der Waals surface area contributed by atoms with Gasteiger partial charge in [0, 0.05) is 40.9 Å². The number of halogens is 1. The Balaban J connectivity index is 2.18. The Bertz CT molecular complexity index is 985. The van der Waals surface area contributed by atoms with Crippen molar-refractivity contribution in [1.29, 1.82) is 0 Å². The second-order valence-corrected chi connectivity index (χ2v) is 7.16. The van der Waals surface area contributed by atoms with Crippen molar-refractivity contribution in [1.82, 2.24) is 14.4 Å². The highest BCUT2D eigenvalue weighted by Gasteiger charge is 2.17. The van der Waals surface area contributed by atoms with E-state index in [0.717, 1.165) is 0 Å². The summed E-state index contributed by atoms with van der Waals surface area (Å²) in [5.74, 6) is 0.736. The minimum absolute atomic E-state index is 0.0391. The molecule has 3 aromatic rings. The predicted molar refractivity (Wildman–Crippen MR) is 84.6 cm³/mol. The van der Waals surface area contributed by atoms with Crippen LogP contribution < -0.4 is 9.47 Å². The molecule has 0 bridgehead atoms. The number of fused-ring (bicyclic) bond motifs is 1. The van der Waals surface area contributed by atoms with Crippen molar-refractivity contribution in [2.24, 2.45) is 0 Å². The molecule has 0 fully saturated rings. The molecule has 3 rings (SSSR count). The van der Waals surface area contributed by atoms with Gasteiger partial charge in [-0.2, -0.15) is 0 Å². The van der Waals surface area contributed by atoms with Crippen LogP contribution in [0.5, 0.6) is 11.6 Å². The van der Waals surface area contributed by atoms with Gasteiger partial charge >= 0.3 is 0 Å². The van der Waals surface area contributed by atoms with E-state index in [0.29, 0.717) is 28.5 Å². The van der Waals surface area contributed by atoms with Crippen LogP contribution in [0.1, 0.15) is 0 Å². The summed E-state index contributed by atoms with van der Waals surface area (Å²) >= 11 is 0. The number of aromatic nitrogens is 3. The van der Waals surface area contributed by atoms with Crippen molar-refractivity contribution < 1.29 is 17.9 Å². The largest absolute Gasteiger partial charge is 0.496 e. The van der Waals surface area contributed by atoms with Crippen LogP contribution in [0.2, 0.25) is 0 Å². The molecule has 2 aromatic heterocycles. The summed E-state index contributed by atoms with van der Waals surface area (Å²) in [7, 11) is 4.49. The minimum Gasteiger partial charge on any atom is -0.496 e. The van der Waals surface area contributed by atoms with Crippen LogP contribution in [-0.2, 0) is 9.05 Å². The number of rotatable bonds is 4. The number of methoxy groups -OCH3 is 2. The van der Waals surface area contributed by atoms with Crippen molar-refractivity contribution in [2.45, 2.75) is 4.90 Å². The molecule has 0 saturated heterocycles. The van der Waals surface area contributed by atoms with Gasteiger partial charge in [-0.1, -0.05) is 0 Å². The molecule has 7 nitrogen and oxygen atoms in total. The molecule has 9 heteroatoms. The first-order valence-corrected chi connectivity index (χ1v) is 8.75. The zero-order valence-electron chi connectivity index (χ0n) is 12.2. The molecule has 0 aliphatic rings. The van der Waals surface area contributed by atoms with E-state index in [1.165, 1.54) is 26.4 Å². The second-order valence-electron chi connectivity index (χ2n) is 4.59. The molecule has 1 aromatic carbocycles. The highest BCUT2D eigenvalue weighted by Crippen LogP contribution is 2.33. The van der Waals surface area contributed by atoms with Gasteiger partial charge in [0.05, 0.1) is 24.8 Å². The van der Waals surface area contributed by atoms with Gasteiger partial charge in [0.1, 0.15) is 5.75 Å². The van der Waals surface area contributed by atoms with Gasteiger partial charge < -0.3 is 13.9 Å². The number of hydrogen-bond donors (Lipinski definition) is 0. The van der Waals surface area contributed by atoms with Crippen molar-refractivity contribution in [3.05, 3.63) is 36.8 Å². The lowest BCUT2D eigenvalue weighted by Crippen LogP contribution is -1.94. The number of nitrogens with zero attached hydrogens (tertiary/aromatic N) is 3. The first-order chi connectivity index (χ1) is 10.9. The number of benzene rings is 1. The van der Waals surface area contributed by atoms with Crippen molar-refractivity contribution in [3.63, 3.8) is 0 Å². The van der Waals surface area contributed by atoms with Crippen LogP contribution in [-0.4, -0.2) is 37.0 Å². The maximum Gasteiger partial charge on any atom is 0.261 e. The molecule has 0 atom stereocenters. The maximum absolute atomic E-state index is 11.4. The average molecular weight is 354 g/mol. The first-order valence-electron chi connectivity index (χ1n) is 6.45. The molecule has 0 aliphatic heterocycles. The van der Waals surface area contributed by atoms with Gasteiger partial charge in [-0.3, -0.25) is 0 Å². The lowest BCUT2D eigenvalue weighted by Gasteiger charge is -2.07. The summed E-state index contributed by atoms with van der Waals surface area (Å²) in [6, 6.07) is 4.35. The molecule has 2 heterocycles. The molecule has 0 spiro atoms. The van der Waals surface area contributed by atoms with Crippen molar-refractivity contribution in [3.8, 4) is 22.9 Å². The smallest absolute Gasteiger partial charge is 0.261 e. The van der Waals surface area contributed by atoms with Crippen LogP contribution in [0.4, 0.5) is 0 Å². The second kappa shape index (κ2) is 5.71. The molecule has 23 heavy (non-hydrogen) atoms. The Morgan fingerprint density at radius 2 is 2.00 bits per heavy atom. The summed E-state index contributed by atoms with van der Waals surface area (Å²) in [6.07, 6.45) is 5.10. The van der Waals surface area contributed by atoms with Crippen LogP contribution >= 0.6 is 10.7 Å². The monoisotopic (exact) mass is 353 g/mol. The normalized spacial score (nSPS) is 11.6. The quantitative estimate of drug-likeness (QED) is 0.669. The third-order valence-electron chi connectivity index (χ3n) is 3.27. The summed E-state index contributed by atoms with van der Waals surface area (Å²) in [5, 5.41) is 0. The summed E-state index contributed by atoms with van der Waals surface area (Å²) in [4.78, 5) is 8.52. The zero-order valence-corrected chi connectivity index (χ0v) is 13.8. The minimum atomic E-state index is -3.83. The Morgan fingerprint density at radius 1 is 1.22 bits per heavy atom. The molecular formula is C14H12ClN3O4S. The van der Waals surface area contributed by atoms with E-state index in [9.17, 15) is 8.42 Å². The molecule has 0 amide bonds. The third-order valence-corrected chi connectivity index (χ3v) is 4.62. The van der Waals surface area contributed by atoms with Crippen LogP contribution in [0, 0.1) is 0 Å². The molecule has 0 N–H and O–H groups in total. The van der Waals surface area contributed by atoms with Gasteiger partial charge in [0.15, 0.2) is 0 Å². The van der Waals surface area contributed by atoms with Crippen LogP contribution in [0.25, 0.3) is 16.9 Å². The SMILES string of the molecule is COc1cc(S(=O)(=O)Cl)ccc1-c1cn2ccnc(OC)c2n1. The maximum atomic E-state index is 11.4. The molecule has 0 aliphatic carbocycles. The Kier molecular flexibility index (Phi) is 3.87. The fourth-order valence-electron chi connectivity index (χ4n) is 2.20. The van der Waals surface area contributed by atoms with E-state index in [-0.39, 0.29) is 4.90 Å². The first kappa shape index (κ1) is 15.6. The molecule has 0 unspecified atom stereocenters. The lowest BCUT2D eigenvalue weighted by atomic mass is 10.1. The van der Waals surface area contributed by atoms with Gasteiger partial charge in [-0.25, -0.2) is 18.4 Å². The Morgan fingerprint density at radius 3 is 2.65 bits per heavy atom. The standard InChI is InChI=1S/C14H12ClN3O4S/c1-21-12-7-9(23(15,19)20)3-4-10(12)11-8-18-6-5-16-14(22-2)13(18)17-11/h3-8H,1-2H3. The molecule has 0 radical (unpaired) electrons. The lowest BCUT2D eigenvalue weighted by molar-refractivity contribution is 0.400. The van der Waals surface area contributed by atoms with Crippen LogP contribution in [0.3, 0.4) is 0 Å². The van der Waals surface area contributed by atoms with Crippen molar-refractivity contribution >= 4 is 25.4 Å². The summed E-state index contributed by atoms with van der Waals surface area (Å²) in [6.45, 7) is 0. The van der Waals surface area contributed by atoms with E-state index in [1.54, 1.807) is 29.1 Å². The van der Waals surface area contributed by atoms with Crippen molar-refractivity contribution in [2.75, 3.05) is 14.2 Å². The zero-order chi connectivity index (χ0) is 16.6. The molecular weight excluding hydrogens is 342 g/mol. The molecule has 0 saturated carbocycles. The van der Waals surface area contributed by atoms with Gasteiger partial charge in [-0.05, 0) is 12.1 Å². The Labute approximate surface area is 136 Å². The highest BCUT2D eigenvalue weighted by molar-refractivity contribution is 8.13. The fraction of sp³-hybridized carbons (Fsp3) is 0.143. The number of imidazole rings is 1. The van der Waals surface area contributed by atoms with E-state index in [2.05, 4.69) is 9.97 Å². The fourth-order valence-corrected chi connectivity index (χ4v) is 2.97. The van der Waals surface area contributed by atoms with Gasteiger partial charge in [0.2, 0.25) is 5.65 Å².